The number of imidazole rings is 1. The fourth-order valence-corrected chi connectivity index (χ4v) is 4.10. The highest BCUT2D eigenvalue weighted by atomic mass is 15.1. The van der Waals surface area contributed by atoms with Gasteiger partial charge in [-0.05, 0) is 72.9 Å². The van der Waals surface area contributed by atoms with Crippen LogP contribution in [-0.2, 0) is 12.8 Å². The summed E-state index contributed by atoms with van der Waals surface area (Å²) in [5.74, 6) is 0. The first-order valence-corrected chi connectivity index (χ1v) is 8.89. The first kappa shape index (κ1) is 15.2. The first-order valence-electron chi connectivity index (χ1n) is 8.89. The molecule has 1 aliphatic carbocycles. The number of nitrogens with zero attached hydrogens (tertiary/aromatic N) is 2. The lowest BCUT2D eigenvalue weighted by Gasteiger charge is -2.25. The van der Waals surface area contributed by atoms with Gasteiger partial charge < -0.3 is 4.57 Å². The Bertz CT molecular complexity index is 846. The Morgan fingerprint density at radius 1 is 1.00 bits per heavy atom. The molecule has 0 amide bonds. The van der Waals surface area contributed by atoms with Crippen molar-refractivity contribution in [1.29, 1.82) is 0 Å². The molecule has 1 atom stereocenters. The van der Waals surface area contributed by atoms with Crippen LogP contribution in [0.25, 0.3) is 0 Å². The Kier molecular flexibility index (Phi) is 3.97. The van der Waals surface area contributed by atoms with Crippen LogP contribution in [0.1, 0.15) is 52.3 Å². The fraction of sp³-hybridized carbons (Fsp3) is 0.318. The first-order chi connectivity index (χ1) is 11.7. The van der Waals surface area contributed by atoms with Crippen LogP contribution in [0, 0.1) is 13.8 Å². The predicted molar refractivity (Wildman–Crippen MR) is 98.5 cm³/mol. The molecule has 0 saturated heterocycles. The van der Waals surface area contributed by atoms with Crippen molar-refractivity contribution in [3.8, 4) is 0 Å². The quantitative estimate of drug-likeness (QED) is 0.663. The lowest BCUT2D eigenvalue weighted by atomic mass is 9.84. The van der Waals surface area contributed by atoms with E-state index >= 15 is 0 Å². The van der Waals surface area contributed by atoms with Crippen molar-refractivity contribution in [2.75, 3.05) is 0 Å². The van der Waals surface area contributed by atoms with Crippen molar-refractivity contribution < 1.29 is 0 Å². The zero-order valence-electron chi connectivity index (χ0n) is 14.5. The van der Waals surface area contributed by atoms with E-state index in [1.807, 2.05) is 12.5 Å². The smallest absolute Gasteiger partial charge is 0.0954 e. The highest BCUT2D eigenvalue weighted by Gasteiger charge is 2.21. The number of fused-ring (bicyclic) bond motifs is 1. The maximum absolute atomic E-state index is 4.30. The SMILES string of the molecule is Cc1ccccc1C(c1cc(C)c2c(c1)CCCC2)n1ccnc1. The van der Waals surface area contributed by atoms with E-state index in [9.17, 15) is 0 Å². The molecule has 2 heteroatoms. The molecule has 2 aromatic carbocycles. The number of hydrogen-bond donors (Lipinski definition) is 0. The summed E-state index contributed by atoms with van der Waals surface area (Å²) in [5.41, 5.74) is 8.63. The number of aryl methyl sites for hydroxylation is 3. The summed E-state index contributed by atoms with van der Waals surface area (Å²) in [4.78, 5) is 4.30. The molecule has 0 spiro atoms. The Morgan fingerprint density at radius 2 is 1.83 bits per heavy atom. The van der Waals surface area contributed by atoms with Crippen molar-refractivity contribution in [2.45, 2.75) is 45.6 Å². The van der Waals surface area contributed by atoms with E-state index in [0.29, 0.717) is 0 Å². The number of hydrogen-bond acceptors (Lipinski definition) is 1. The normalized spacial score (nSPS) is 15.1. The second kappa shape index (κ2) is 6.27. The molecule has 24 heavy (non-hydrogen) atoms. The third-order valence-corrected chi connectivity index (χ3v) is 5.33. The van der Waals surface area contributed by atoms with Gasteiger partial charge in [-0.15, -0.1) is 0 Å². The van der Waals surface area contributed by atoms with E-state index in [4.69, 9.17) is 0 Å². The maximum atomic E-state index is 4.30. The molecule has 1 heterocycles. The Labute approximate surface area is 144 Å². The minimum absolute atomic E-state index is 0.194. The van der Waals surface area contributed by atoms with Crippen LogP contribution in [0.4, 0.5) is 0 Å². The Balaban J connectivity index is 1.89. The van der Waals surface area contributed by atoms with E-state index in [-0.39, 0.29) is 6.04 Å². The largest absolute Gasteiger partial charge is 0.326 e. The van der Waals surface area contributed by atoms with Gasteiger partial charge >= 0.3 is 0 Å². The van der Waals surface area contributed by atoms with Crippen LogP contribution in [0.2, 0.25) is 0 Å². The standard InChI is InChI=1S/C22H24N2/c1-16-7-3-5-10-21(16)22(24-12-11-23-15-24)19-13-17(2)20-9-6-4-8-18(20)14-19/h3,5,7,10-15,22H,4,6,8-9H2,1-2H3. The molecule has 1 aromatic heterocycles. The molecule has 4 rings (SSSR count). The van der Waals surface area contributed by atoms with Crippen molar-refractivity contribution in [3.63, 3.8) is 0 Å². The molecule has 0 aliphatic heterocycles. The summed E-state index contributed by atoms with van der Waals surface area (Å²) in [5, 5.41) is 0. The average molecular weight is 316 g/mol. The van der Waals surface area contributed by atoms with Crippen LogP contribution in [0.15, 0.2) is 55.1 Å². The van der Waals surface area contributed by atoms with Crippen molar-refractivity contribution in [2.24, 2.45) is 0 Å². The summed E-state index contributed by atoms with van der Waals surface area (Å²) in [6.45, 7) is 4.47. The topological polar surface area (TPSA) is 17.8 Å². The molecule has 1 unspecified atom stereocenters. The predicted octanol–water partition coefficient (Wildman–Crippen LogP) is 5.02. The van der Waals surface area contributed by atoms with Crippen molar-refractivity contribution in [1.82, 2.24) is 9.55 Å². The molecule has 0 fully saturated rings. The third kappa shape index (κ3) is 2.66. The van der Waals surface area contributed by atoms with Gasteiger partial charge in [0.1, 0.15) is 0 Å². The zero-order valence-corrected chi connectivity index (χ0v) is 14.5. The molecule has 1 aliphatic rings. The van der Waals surface area contributed by atoms with Crippen LogP contribution < -0.4 is 0 Å². The lowest BCUT2D eigenvalue weighted by molar-refractivity contribution is 0.655. The highest BCUT2D eigenvalue weighted by molar-refractivity contribution is 5.45. The zero-order chi connectivity index (χ0) is 16.5. The maximum Gasteiger partial charge on any atom is 0.0954 e. The summed E-state index contributed by atoms with van der Waals surface area (Å²) in [7, 11) is 0. The van der Waals surface area contributed by atoms with E-state index < -0.39 is 0 Å². The molecular formula is C22H24N2. The highest BCUT2D eigenvalue weighted by Crippen LogP contribution is 2.33. The van der Waals surface area contributed by atoms with Crippen LogP contribution in [0.5, 0.6) is 0 Å². The number of benzene rings is 2. The summed E-state index contributed by atoms with van der Waals surface area (Å²) in [6, 6.07) is 13.7. The monoisotopic (exact) mass is 316 g/mol. The van der Waals surface area contributed by atoms with E-state index in [0.717, 1.165) is 0 Å². The molecule has 0 N–H and O–H groups in total. The Hall–Kier alpha value is -2.35. The van der Waals surface area contributed by atoms with Crippen molar-refractivity contribution in [3.05, 3.63) is 88.5 Å². The van der Waals surface area contributed by atoms with Crippen LogP contribution in [0.3, 0.4) is 0 Å². The Morgan fingerprint density at radius 3 is 2.62 bits per heavy atom. The summed E-state index contributed by atoms with van der Waals surface area (Å²) < 4.78 is 2.23. The second-order valence-corrected chi connectivity index (χ2v) is 6.95. The number of rotatable bonds is 3. The molecule has 2 nitrogen and oxygen atoms in total. The summed E-state index contributed by atoms with van der Waals surface area (Å²) in [6.07, 6.45) is 11.0. The number of aromatic nitrogens is 2. The molecular weight excluding hydrogens is 292 g/mol. The minimum Gasteiger partial charge on any atom is -0.326 e. The van der Waals surface area contributed by atoms with E-state index in [1.54, 1.807) is 11.1 Å². The molecule has 122 valence electrons. The van der Waals surface area contributed by atoms with E-state index in [1.165, 1.54) is 47.9 Å². The average Bonchev–Trinajstić information content (AvgIpc) is 3.11. The van der Waals surface area contributed by atoms with Gasteiger partial charge in [-0.1, -0.05) is 36.4 Å². The van der Waals surface area contributed by atoms with E-state index in [2.05, 4.69) is 66.0 Å². The molecule has 3 aromatic rings. The molecule has 0 saturated carbocycles. The van der Waals surface area contributed by atoms with Gasteiger partial charge in [-0.3, -0.25) is 0 Å². The van der Waals surface area contributed by atoms with Crippen molar-refractivity contribution >= 4 is 0 Å². The lowest BCUT2D eigenvalue weighted by Crippen LogP contribution is -2.14. The second-order valence-electron chi connectivity index (χ2n) is 6.95. The van der Waals surface area contributed by atoms with Crippen LogP contribution in [-0.4, -0.2) is 9.55 Å². The third-order valence-electron chi connectivity index (χ3n) is 5.33. The fourth-order valence-electron chi connectivity index (χ4n) is 4.10. The van der Waals surface area contributed by atoms with Gasteiger partial charge in [0, 0.05) is 12.4 Å². The van der Waals surface area contributed by atoms with Gasteiger partial charge in [0.15, 0.2) is 0 Å². The van der Waals surface area contributed by atoms with Gasteiger partial charge in [-0.2, -0.15) is 0 Å². The van der Waals surface area contributed by atoms with Gasteiger partial charge in [-0.25, -0.2) is 4.98 Å². The van der Waals surface area contributed by atoms with Gasteiger partial charge in [0.05, 0.1) is 12.4 Å². The minimum atomic E-state index is 0.194. The van der Waals surface area contributed by atoms with Gasteiger partial charge in [0.2, 0.25) is 0 Å². The van der Waals surface area contributed by atoms with Gasteiger partial charge in [0.25, 0.3) is 0 Å². The molecule has 0 bridgehead atoms. The molecule has 0 radical (unpaired) electrons. The van der Waals surface area contributed by atoms with Crippen LogP contribution >= 0.6 is 0 Å². The summed E-state index contributed by atoms with van der Waals surface area (Å²) >= 11 is 0.